The Morgan fingerprint density at radius 1 is 0.438 bits per heavy atom. The lowest BCUT2D eigenvalue weighted by Crippen LogP contribution is -2.18. The van der Waals surface area contributed by atoms with Crippen LogP contribution in [0.4, 0.5) is 17.1 Å². The zero-order valence-electron chi connectivity index (χ0n) is 39.7. The van der Waals surface area contributed by atoms with Crippen LogP contribution >= 0.6 is 0 Å². The molecule has 0 aromatic heterocycles. The topological polar surface area (TPSA) is 3.24 Å². The number of hydrogen-bond donors (Lipinski definition) is 0. The monoisotopic (exact) mass is 838 g/mol. The van der Waals surface area contributed by atoms with Crippen molar-refractivity contribution < 1.29 is 0 Å². The van der Waals surface area contributed by atoms with Gasteiger partial charge in [-0.15, -0.1) is 0 Å². The maximum absolute atomic E-state index is 2.58. The molecule has 0 N–H and O–H groups in total. The summed E-state index contributed by atoms with van der Waals surface area (Å²) >= 11 is 0. The number of hydrogen-bond acceptors (Lipinski definition) is 1. The largest absolute Gasteiger partial charge is 0.310 e. The van der Waals surface area contributed by atoms with E-state index in [0.717, 1.165) is 12.8 Å². The molecule has 1 saturated carbocycles. The first-order valence-electron chi connectivity index (χ1n) is 24.4. The van der Waals surface area contributed by atoms with Gasteiger partial charge in [0, 0.05) is 22.5 Å². The first kappa shape index (κ1) is 42.3. The third-order valence-corrected chi connectivity index (χ3v) is 15.2. The molecular weight excluding hydrogens is 771 g/mol. The summed E-state index contributed by atoms with van der Waals surface area (Å²) in [5.41, 5.74) is 24.5. The predicted octanol–water partition coefficient (Wildman–Crippen LogP) is 18.0. The van der Waals surface area contributed by atoms with Gasteiger partial charge < -0.3 is 4.90 Å². The first-order valence-corrected chi connectivity index (χ1v) is 24.4. The van der Waals surface area contributed by atoms with Crippen molar-refractivity contribution in [1.82, 2.24) is 0 Å². The van der Waals surface area contributed by atoms with Crippen LogP contribution in [0.3, 0.4) is 0 Å². The number of fused-ring (bicyclic) bond motifs is 4. The van der Waals surface area contributed by atoms with E-state index in [-0.39, 0.29) is 16.2 Å². The van der Waals surface area contributed by atoms with Crippen LogP contribution in [0.15, 0.2) is 146 Å². The van der Waals surface area contributed by atoms with Crippen LogP contribution in [0.2, 0.25) is 0 Å². The second kappa shape index (κ2) is 16.4. The van der Waals surface area contributed by atoms with Gasteiger partial charge in [-0.3, -0.25) is 0 Å². The fourth-order valence-corrected chi connectivity index (χ4v) is 11.3. The molecule has 0 spiro atoms. The van der Waals surface area contributed by atoms with Crippen LogP contribution in [0.5, 0.6) is 0 Å². The minimum Gasteiger partial charge on any atom is -0.310 e. The highest BCUT2D eigenvalue weighted by Gasteiger charge is 2.36. The van der Waals surface area contributed by atoms with Crippen molar-refractivity contribution in [1.29, 1.82) is 0 Å². The zero-order chi connectivity index (χ0) is 44.4. The summed E-state index contributed by atoms with van der Waals surface area (Å²) in [5.74, 6) is 0.691. The second-order valence-electron chi connectivity index (χ2n) is 21.9. The summed E-state index contributed by atoms with van der Waals surface area (Å²) < 4.78 is 0. The Labute approximate surface area is 384 Å². The highest BCUT2D eigenvalue weighted by atomic mass is 15.1. The molecule has 10 rings (SSSR count). The number of anilines is 3. The predicted molar refractivity (Wildman–Crippen MR) is 275 cm³/mol. The zero-order valence-corrected chi connectivity index (χ0v) is 39.7. The van der Waals surface area contributed by atoms with Crippen LogP contribution in [-0.2, 0) is 29.1 Å². The fraction of sp³-hybridized carbons (Fsp3) is 0.333. The summed E-state index contributed by atoms with van der Waals surface area (Å²) in [6, 6.07) is 56.7. The molecule has 7 aromatic rings. The molecule has 7 aromatic carbocycles. The molecular formula is C63H67N. The average molecular weight is 838 g/mol. The number of rotatable bonds is 7. The van der Waals surface area contributed by atoms with Crippen LogP contribution < -0.4 is 4.90 Å². The van der Waals surface area contributed by atoms with Crippen LogP contribution in [0.25, 0.3) is 44.5 Å². The second-order valence-corrected chi connectivity index (χ2v) is 21.9. The lowest BCUT2D eigenvalue weighted by molar-refractivity contribution is 0.444. The third-order valence-electron chi connectivity index (χ3n) is 15.2. The lowest BCUT2D eigenvalue weighted by Gasteiger charge is -2.32. The van der Waals surface area contributed by atoms with Crippen LogP contribution in [-0.4, -0.2) is 0 Å². The van der Waals surface area contributed by atoms with Gasteiger partial charge in [0.05, 0.1) is 0 Å². The number of benzene rings is 7. The lowest BCUT2D eigenvalue weighted by atomic mass is 9.78. The highest BCUT2D eigenvalue weighted by Crippen LogP contribution is 2.52. The molecule has 3 aliphatic carbocycles. The normalized spacial score (nSPS) is 15.9. The SMILES string of the molecule is CC(C)(C)c1cc(-c2cccc(-c3ccc(N(c4ccc(-c5cccc(C6CCCCC6)c5)cc4)c4ccc5c(c4)C(C)(C)c4ccccc4-5)c4c3CCCC4)c2)cc(C(C)(C)C)c1. The maximum atomic E-state index is 2.58. The van der Waals surface area contributed by atoms with Gasteiger partial charge >= 0.3 is 0 Å². The molecule has 0 unspecified atom stereocenters. The fourth-order valence-electron chi connectivity index (χ4n) is 11.3. The Morgan fingerprint density at radius 3 is 1.77 bits per heavy atom. The van der Waals surface area contributed by atoms with Gasteiger partial charge in [-0.25, -0.2) is 0 Å². The summed E-state index contributed by atoms with van der Waals surface area (Å²) in [7, 11) is 0. The van der Waals surface area contributed by atoms with Gasteiger partial charge in [-0.2, -0.15) is 0 Å². The van der Waals surface area contributed by atoms with Gasteiger partial charge in [0.25, 0.3) is 0 Å². The molecule has 0 radical (unpaired) electrons. The van der Waals surface area contributed by atoms with Gasteiger partial charge in [0.15, 0.2) is 0 Å². The van der Waals surface area contributed by atoms with E-state index in [1.807, 2.05) is 0 Å². The van der Waals surface area contributed by atoms with Crippen molar-refractivity contribution in [3.8, 4) is 44.5 Å². The summed E-state index contributed by atoms with van der Waals surface area (Å²) in [6.45, 7) is 18.8. The van der Waals surface area contributed by atoms with Crippen LogP contribution in [0, 0.1) is 0 Å². The van der Waals surface area contributed by atoms with Crippen molar-refractivity contribution >= 4 is 17.1 Å². The van der Waals surface area contributed by atoms with Gasteiger partial charge in [0.1, 0.15) is 0 Å². The molecule has 0 atom stereocenters. The van der Waals surface area contributed by atoms with E-state index in [1.54, 1.807) is 0 Å². The Balaban J connectivity index is 1.09. The molecule has 0 saturated heterocycles. The van der Waals surface area contributed by atoms with Crippen molar-refractivity contribution in [3.63, 3.8) is 0 Å². The quantitative estimate of drug-likeness (QED) is 0.155. The molecule has 1 nitrogen and oxygen atoms in total. The molecule has 1 fully saturated rings. The van der Waals surface area contributed by atoms with E-state index in [1.165, 1.54) is 145 Å². The van der Waals surface area contributed by atoms with Gasteiger partial charge in [-0.05, 0) is 175 Å². The molecule has 0 heterocycles. The van der Waals surface area contributed by atoms with Gasteiger partial charge in [-0.1, -0.05) is 184 Å². The average Bonchev–Trinajstić information content (AvgIpc) is 3.54. The maximum Gasteiger partial charge on any atom is 0.0496 e. The van der Waals surface area contributed by atoms with Crippen molar-refractivity contribution in [2.45, 2.75) is 135 Å². The standard InChI is InChI=1S/C63H67N/c1-61(2,3)49-38-48(39-50(40-49)62(4,5)6)46-22-17-23-47(37-46)53-34-35-60(57-26-13-12-24-54(53)57)64(52-32-33-56-55-25-14-15-27-58(55)63(7,8)59(56)41-52)51-30-28-43(29-31-51)45-21-16-20-44(36-45)42-18-10-9-11-19-42/h14-17,20-23,25,27-42H,9-13,18-19,24,26H2,1-8H3. The van der Waals surface area contributed by atoms with Gasteiger partial charge in [0.2, 0.25) is 0 Å². The molecule has 324 valence electrons. The summed E-state index contributed by atoms with van der Waals surface area (Å²) in [4.78, 5) is 2.58. The number of nitrogens with zero attached hydrogens (tertiary/aromatic N) is 1. The molecule has 0 amide bonds. The van der Waals surface area contributed by atoms with E-state index < -0.39 is 0 Å². The Morgan fingerprint density at radius 2 is 1.05 bits per heavy atom. The molecule has 0 aliphatic heterocycles. The van der Waals surface area contributed by atoms with E-state index in [0.29, 0.717) is 5.92 Å². The summed E-state index contributed by atoms with van der Waals surface area (Å²) in [6.07, 6.45) is 11.3. The van der Waals surface area contributed by atoms with Crippen molar-refractivity contribution in [2.75, 3.05) is 4.90 Å². The van der Waals surface area contributed by atoms with Crippen LogP contribution in [0.1, 0.15) is 145 Å². The molecule has 3 aliphatic rings. The Bertz CT molecular complexity index is 2820. The summed E-state index contributed by atoms with van der Waals surface area (Å²) in [5, 5.41) is 0. The van der Waals surface area contributed by atoms with E-state index in [9.17, 15) is 0 Å². The highest BCUT2D eigenvalue weighted by molar-refractivity contribution is 5.88. The molecule has 1 heteroatoms. The Kier molecular flexibility index (Phi) is 10.8. The third kappa shape index (κ3) is 7.84. The van der Waals surface area contributed by atoms with Crippen molar-refractivity contribution in [3.05, 3.63) is 185 Å². The molecule has 64 heavy (non-hydrogen) atoms. The molecule has 0 bridgehead atoms. The van der Waals surface area contributed by atoms with E-state index in [4.69, 9.17) is 0 Å². The smallest absolute Gasteiger partial charge is 0.0496 e. The minimum atomic E-state index is -0.0881. The Hall–Kier alpha value is -5.66. The van der Waals surface area contributed by atoms with E-state index in [2.05, 4.69) is 206 Å². The first-order chi connectivity index (χ1) is 30.7. The van der Waals surface area contributed by atoms with E-state index >= 15 is 0 Å². The minimum absolute atomic E-state index is 0.0624. The van der Waals surface area contributed by atoms with Crippen molar-refractivity contribution in [2.24, 2.45) is 0 Å².